The zero-order valence-corrected chi connectivity index (χ0v) is 12.0. The lowest BCUT2D eigenvalue weighted by Crippen LogP contribution is -2.30. The van der Waals surface area contributed by atoms with Crippen molar-refractivity contribution >= 4 is 5.69 Å². The highest BCUT2D eigenvalue weighted by Crippen LogP contribution is 2.36. The van der Waals surface area contributed by atoms with Crippen LogP contribution in [0.3, 0.4) is 0 Å². The molecule has 1 unspecified atom stereocenters. The van der Waals surface area contributed by atoms with Crippen LogP contribution in [0.5, 0.6) is 0 Å². The van der Waals surface area contributed by atoms with Gasteiger partial charge in [-0.2, -0.15) is 0 Å². The van der Waals surface area contributed by atoms with E-state index in [4.69, 9.17) is 0 Å². The quantitative estimate of drug-likeness (QED) is 0.838. The van der Waals surface area contributed by atoms with E-state index in [1.807, 2.05) is 6.20 Å². The van der Waals surface area contributed by atoms with E-state index < -0.39 is 0 Å². The Morgan fingerprint density at radius 1 is 1.39 bits per heavy atom. The number of aromatic nitrogens is 1. The van der Waals surface area contributed by atoms with Gasteiger partial charge in [0.1, 0.15) is 0 Å². The van der Waals surface area contributed by atoms with Gasteiger partial charge in [0.05, 0.1) is 5.69 Å². The first kappa shape index (κ1) is 13.3. The van der Waals surface area contributed by atoms with Gasteiger partial charge in [0, 0.05) is 37.6 Å². The minimum Gasteiger partial charge on any atom is -0.372 e. The molecule has 1 N–H and O–H groups in total. The Kier molecular flexibility index (Phi) is 4.23. The summed E-state index contributed by atoms with van der Waals surface area (Å²) in [6, 6.07) is 5.45. The van der Waals surface area contributed by atoms with Gasteiger partial charge in [-0.25, -0.2) is 0 Å². The van der Waals surface area contributed by atoms with Gasteiger partial charge in [-0.1, -0.05) is 13.8 Å². The van der Waals surface area contributed by atoms with Crippen LogP contribution in [0.1, 0.15) is 39.3 Å². The standard InChI is InChI=1S/C15H25N3/c1-11(2)17-10-14-9-15(7-8-16-14)18(4)12(3)13-5-6-13/h7-9,11-13,17H,5-6,10H2,1-4H3. The van der Waals surface area contributed by atoms with Crippen molar-refractivity contribution in [2.45, 2.75) is 52.2 Å². The third-order valence-corrected chi connectivity index (χ3v) is 3.81. The SMILES string of the molecule is CC(C)NCc1cc(N(C)C(C)C2CC2)ccn1. The highest BCUT2D eigenvalue weighted by Gasteiger charge is 2.30. The molecule has 2 rings (SSSR count). The normalized spacial score (nSPS) is 16.9. The van der Waals surface area contributed by atoms with E-state index in [1.54, 1.807) is 0 Å². The summed E-state index contributed by atoms with van der Waals surface area (Å²) in [7, 11) is 2.19. The molecule has 1 heterocycles. The van der Waals surface area contributed by atoms with Crippen molar-refractivity contribution in [3.8, 4) is 0 Å². The summed E-state index contributed by atoms with van der Waals surface area (Å²) in [5.74, 6) is 0.889. The van der Waals surface area contributed by atoms with Crippen molar-refractivity contribution in [2.75, 3.05) is 11.9 Å². The van der Waals surface area contributed by atoms with E-state index in [0.29, 0.717) is 12.1 Å². The van der Waals surface area contributed by atoms with E-state index in [1.165, 1.54) is 18.5 Å². The van der Waals surface area contributed by atoms with Crippen LogP contribution in [0, 0.1) is 5.92 Å². The van der Waals surface area contributed by atoms with Gasteiger partial charge in [-0.15, -0.1) is 0 Å². The van der Waals surface area contributed by atoms with Crippen LogP contribution in [0.15, 0.2) is 18.3 Å². The average Bonchev–Trinajstić information content (AvgIpc) is 3.19. The van der Waals surface area contributed by atoms with Crippen LogP contribution in [0.4, 0.5) is 5.69 Å². The fourth-order valence-corrected chi connectivity index (χ4v) is 2.22. The van der Waals surface area contributed by atoms with Gasteiger partial charge in [0.15, 0.2) is 0 Å². The molecule has 1 atom stereocenters. The second-order valence-corrected chi connectivity index (χ2v) is 5.73. The maximum absolute atomic E-state index is 4.42. The van der Waals surface area contributed by atoms with Crippen LogP contribution < -0.4 is 10.2 Å². The van der Waals surface area contributed by atoms with Crippen LogP contribution in [0.2, 0.25) is 0 Å². The molecule has 1 aliphatic rings. The molecular formula is C15H25N3. The minimum atomic E-state index is 0.499. The molecule has 100 valence electrons. The monoisotopic (exact) mass is 247 g/mol. The van der Waals surface area contributed by atoms with Crippen molar-refractivity contribution in [3.63, 3.8) is 0 Å². The van der Waals surface area contributed by atoms with Gasteiger partial charge >= 0.3 is 0 Å². The lowest BCUT2D eigenvalue weighted by molar-refractivity contribution is 0.580. The molecule has 18 heavy (non-hydrogen) atoms. The highest BCUT2D eigenvalue weighted by molar-refractivity contribution is 5.47. The molecule has 0 amide bonds. The molecular weight excluding hydrogens is 222 g/mol. The minimum absolute atomic E-state index is 0.499. The lowest BCUT2D eigenvalue weighted by atomic mass is 10.1. The second-order valence-electron chi connectivity index (χ2n) is 5.73. The second kappa shape index (κ2) is 5.70. The Hall–Kier alpha value is -1.09. The van der Waals surface area contributed by atoms with Gasteiger partial charge in [-0.05, 0) is 37.8 Å². The summed E-state index contributed by atoms with van der Waals surface area (Å²) in [4.78, 5) is 6.81. The Morgan fingerprint density at radius 3 is 2.72 bits per heavy atom. The Balaban J connectivity index is 2.01. The number of pyridine rings is 1. The lowest BCUT2D eigenvalue weighted by Gasteiger charge is -2.27. The summed E-state index contributed by atoms with van der Waals surface area (Å²) in [6.45, 7) is 7.48. The Morgan fingerprint density at radius 2 is 2.11 bits per heavy atom. The molecule has 1 fully saturated rings. The predicted octanol–water partition coefficient (Wildman–Crippen LogP) is 2.81. The van der Waals surface area contributed by atoms with Gasteiger partial charge < -0.3 is 10.2 Å². The van der Waals surface area contributed by atoms with E-state index in [9.17, 15) is 0 Å². The molecule has 1 aromatic heterocycles. The maximum atomic E-state index is 4.42. The predicted molar refractivity (Wildman–Crippen MR) is 76.8 cm³/mol. The first-order valence-corrected chi connectivity index (χ1v) is 6.99. The van der Waals surface area contributed by atoms with Crippen molar-refractivity contribution in [2.24, 2.45) is 5.92 Å². The summed E-state index contributed by atoms with van der Waals surface area (Å²) in [5, 5.41) is 3.41. The molecule has 0 saturated heterocycles. The van der Waals surface area contributed by atoms with Gasteiger partial charge in [-0.3, -0.25) is 4.98 Å². The maximum Gasteiger partial charge on any atom is 0.0562 e. The number of nitrogens with zero attached hydrogens (tertiary/aromatic N) is 2. The summed E-state index contributed by atoms with van der Waals surface area (Å²) in [6.07, 6.45) is 4.69. The van der Waals surface area contributed by atoms with E-state index >= 15 is 0 Å². The molecule has 0 spiro atoms. The molecule has 3 heteroatoms. The van der Waals surface area contributed by atoms with Crippen molar-refractivity contribution < 1.29 is 0 Å². The summed E-state index contributed by atoms with van der Waals surface area (Å²) < 4.78 is 0. The Bertz CT molecular complexity index is 385. The topological polar surface area (TPSA) is 28.2 Å². The highest BCUT2D eigenvalue weighted by atomic mass is 15.1. The van der Waals surface area contributed by atoms with Crippen LogP contribution in [0.25, 0.3) is 0 Å². The number of hydrogen-bond acceptors (Lipinski definition) is 3. The number of rotatable bonds is 6. The molecule has 1 aromatic rings. The third kappa shape index (κ3) is 3.45. The zero-order chi connectivity index (χ0) is 13.1. The molecule has 1 saturated carbocycles. The largest absolute Gasteiger partial charge is 0.372 e. The van der Waals surface area contributed by atoms with E-state index in [2.05, 4.69) is 55.2 Å². The number of anilines is 1. The molecule has 3 nitrogen and oxygen atoms in total. The van der Waals surface area contributed by atoms with Gasteiger partial charge in [0.25, 0.3) is 0 Å². The fraction of sp³-hybridized carbons (Fsp3) is 0.667. The first-order chi connectivity index (χ1) is 8.58. The number of hydrogen-bond donors (Lipinski definition) is 1. The average molecular weight is 247 g/mol. The van der Waals surface area contributed by atoms with E-state index in [0.717, 1.165) is 18.2 Å². The van der Waals surface area contributed by atoms with E-state index in [-0.39, 0.29) is 0 Å². The summed E-state index contributed by atoms with van der Waals surface area (Å²) in [5.41, 5.74) is 2.40. The smallest absolute Gasteiger partial charge is 0.0562 e. The van der Waals surface area contributed by atoms with Crippen molar-refractivity contribution in [1.82, 2.24) is 10.3 Å². The van der Waals surface area contributed by atoms with Gasteiger partial charge in [0.2, 0.25) is 0 Å². The first-order valence-electron chi connectivity index (χ1n) is 6.99. The van der Waals surface area contributed by atoms with Crippen LogP contribution >= 0.6 is 0 Å². The molecule has 0 bridgehead atoms. The Labute approximate surface area is 111 Å². The zero-order valence-electron chi connectivity index (χ0n) is 12.0. The summed E-state index contributed by atoms with van der Waals surface area (Å²) >= 11 is 0. The van der Waals surface area contributed by atoms with Crippen molar-refractivity contribution in [3.05, 3.63) is 24.0 Å². The van der Waals surface area contributed by atoms with Crippen molar-refractivity contribution in [1.29, 1.82) is 0 Å². The molecule has 0 aliphatic heterocycles. The molecule has 0 radical (unpaired) electrons. The molecule has 0 aromatic carbocycles. The molecule has 1 aliphatic carbocycles. The fourth-order valence-electron chi connectivity index (χ4n) is 2.22. The number of nitrogens with one attached hydrogen (secondary N) is 1. The van der Waals surface area contributed by atoms with Crippen LogP contribution in [-0.4, -0.2) is 24.1 Å². The van der Waals surface area contributed by atoms with Crippen LogP contribution in [-0.2, 0) is 6.54 Å². The third-order valence-electron chi connectivity index (χ3n) is 3.81.